The van der Waals surface area contributed by atoms with Crippen LogP contribution in [0.2, 0.25) is 0 Å². The molecule has 1 aliphatic rings. The van der Waals surface area contributed by atoms with E-state index in [9.17, 15) is 0 Å². The van der Waals surface area contributed by atoms with E-state index in [4.69, 9.17) is 0 Å². The number of hydrogen-bond donors (Lipinski definition) is 1. The molecule has 1 saturated carbocycles. The molecule has 1 atom stereocenters. The van der Waals surface area contributed by atoms with Crippen LogP contribution in [0.5, 0.6) is 0 Å². The Balaban J connectivity index is 1.85. The normalized spacial score (nSPS) is 16.9. The van der Waals surface area contributed by atoms with Gasteiger partial charge in [0.05, 0.1) is 24.3 Å². The smallest absolute Gasteiger partial charge is 0.0946 e. The summed E-state index contributed by atoms with van der Waals surface area (Å²) in [5.41, 5.74) is 4.03. The summed E-state index contributed by atoms with van der Waals surface area (Å²) < 4.78 is 2.09. The van der Waals surface area contributed by atoms with Gasteiger partial charge in [-0.2, -0.15) is 0 Å². The summed E-state index contributed by atoms with van der Waals surface area (Å²) in [5.74, 6) is 0.804. The van der Waals surface area contributed by atoms with Crippen molar-refractivity contribution in [2.45, 2.75) is 38.1 Å². The first-order chi connectivity index (χ1) is 9.79. The van der Waals surface area contributed by atoms with Crippen molar-refractivity contribution in [1.82, 2.24) is 14.9 Å². The van der Waals surface area contributed by atoms with E-state index in [1.807, 2.05) is 12.5 Å². The fourth-order valence-electron chi connectivity index (χ4n) is 2.95. The van der Waals surface area contributed by atoms with E-state index in [0.717, 1.165) is 12.5 Å². The number of hydrogen-bond acceptors (Lipinski definition) is 2. The Morgan fingerprint density at radius 1 is 1.30 bits per heavy atom. The largest absolute Gasteiger partial charge is 0.336 e. The Hall–Kier alpha value is -1.61. The zero-order valence-electron chi connectivity index (χ0n) is 12.3. The average molecular weight is 269 g/mol. The number of aromatic nitrogens is 2. The predicted molar refractivity (Wildman–Crippen MR) is 81.8 cm³/mol. The van der Waals surface area contributed by atoms with E-state index in [0.29, 0.717) is 0 Å². The van der Waals surface area contributed by atoms with E-state index in [1.165, 1.54) is 36.1 Å². The highest BCUT2D eigenvalue weighted by atomic mass is 15.1. The lowest BCUT2D eigenvalue weighted by molar-refractivity contribution is 0.419. The van der Waals surface area contributed by atoms with E-state index < -0.39 is 0 Å². The molecule has 1 aromatic heterocycles. The van der Waals surface area contributed by atoms with Crippen LogP contribution in [0.1, 0.15) is 55.0 Å². The molecule has 1 aromatic carbocycles. The SMILES string of the molecule is CCNC(c1ccc(C2CCC2)cc1)c1cncn1C. The van der Waals surface area contributed by atoms with Crippen LogP contribution in [-0.2, 0) is 7.05 Å². The fourth-order valence-corrected chi connectivity index (χ4v) is 2.95. The average Bonchev–Trinajstić information content (AvgIpc) is 2.81. The third-order valence-electron chi connectivity index (χ3n) is 4.40. The second-order valence-electron chi connectivity index (χ2n) is 5.71. The van der Waals surface area contributed by atoms with Gasteiger partial charge in [-0.15, -0.1) is 0 Å². The molecule has 0 amide bonds. The first kappa shape index (κ1) is 13.4. The Morgan fingerprint density at radius 3 is 2.55 bits per heavy atom. The zero-order valence-corrected chi connectivity index (χ0v) is 12.3. The Morgan fingerprint density at radius 2 is 2.05 bits per heavy atom. The Bertz CT molecular complexity index is 552. The molecule has 106 valence electrons. The highest BCUT2D eigenvalue weighted by molar-refractivity contribution is 5.32. The maximum atomic E-state index is 4.24. The van der Waals surface area contributed by atoms with Gasteiger partial charge in [0, 0.05) is 7.05 Å². The van der Waals surface area contributed by atoms with Crippen molar-refractivity contribution in [2.75, 3.05) is 6.54 Å². The maximum absolute atomic E-state index is 4.24. The fraction of sp³-hybridized carbons (Fsp3) is 0.471. The summed E-state index contributed by atoms with van der Waals surface area (Å²) in [6.07, 6.45) is 7.92. The van der Waals surface area contributed by atoms with Crippen molar-refractivity contribution in [3.63, 3.8) is 0 Å². The van der Waals surface area contributed by atoms with Crippen molar-refractivity contribution in [3.8, 4) is 0 Å². The van der Waals surface area contributed by atoms with Gasteiger partial charge in [0.15, 0.2) is 0 Å². The van der Waals surface area contributed by atoms with E-state index >= 15 is 0 Å². The first-order valence-electron chi connectivity index (χ1n) is 7.59. The molecule has 3 rings (SSSR count). The van der Waals surface area contributed by atoms with E-state index in [-0.39, 0.29) is 6.04 Å². The maximum Gasteiger partial charge on any atom is 0.0946 e. The van der Waals surface area contributed by atoms with Gasteiger partial charge >= 0.3 is 0 Å². The summed E-state index contributed by atoms with van der Waals surface area (Å²) in [7, 11) is 2.05. The summed E-state index contributed by atoms with van der Waals surface area (Å²) in [6.45, 7) is 3.09. The Kier molecular flexibility index (Phi) is 3.88. The highest BCUT2D eigenvalue weighted by Gasteiger charge is 2.20. The van der Waals surface area contributed by atoms with Gasteiger partial charge in [0.2, 0.25) is 0 Å². The van der Waals surface area contributed by atoms with Crippen LogP contribution in [0.4, 0.5) is 0 Å². The molecule has 3 nitrogen and oxygen atoms in total. The van der Waals surface area contributed by atoms with E-state index in [2.05, 4.69) is 53.1 Å². The van der Waals surface area contributed by atoms with Gasteiger partial charge < -0.3 is 9.88 Å². The van der Waals surface area contributed by atoms with Crippen LogP contribution in [-0.4, -0.2) is 16.1 Å². The van der Waals surface area contributed by atoms with Crippen molar-refractivity contribution in [3.05, 3.63) is 53.6 Å². The van der Waals surface area contributed by atoms with Crippen LogP contribution in [0.3, 0.4) is 0 Å². The topological polar surface area (TPSA) is 29.9 Å². The minimum absolute atomic E-state index is 0.225. The lowest BCUT2D eigenvalue weighted by Crippen LogP contribution is -2.24. The number of benzene rings is 1. The summed E-state index contributed by atoms with van der Waals surface area (Å²) in [6, 6.07) is 9.38. The van der Waals surface area contributed by atoms with Gasteiger partial charge in [-0.25, -0.2) is 4.98 Å². The number of nitrogens with zero attached hydrogens (tertiary/aromatic N) is 2. The minimum atomic E-state index is 0.225. The highest BCUT2D eigenvalue weighted by Crippen LogP contribution is 2.36. The van der Waals surface area contributed by atoms with E-state index in [1.54, 1.807) is 0 Å². The standard InChI is InChI=1S/C17H23N3/c1-3-19-17(16-11-18-12-20(16)2)15-9-7-14(8-10-15)13-5-4-6-13/h7-13,17,19H,3-6H2,1-2H3. The second kappa shape index (κ2) is 5.80. The minimum Gasteiger partial charge on any atom is -0.336 e. The molecule has 0 bridgehead atoms. The van der Waals surface area contributed by atoms with Crippen LogP contribution in [0.25, 0.3) is 0 Å². The van der Waals surface area contributed by atoms with Gasteiger partial charge in [0.25, 0.3) is 0 Å². The summed E-state index contributed by atoms with van der Waals surface area (Å²) >= 11 is 0. The van der Waals surface area contributed by atoms with Crippen molar-refractivity contribution >= 4 is 0 Å². The van der Waals surface area contributed by atoms with Gasteiger partial charge in [-0.1, -0.05) is 37.6 Å². The van der Waals surface area contributed by atoms with Crippen molar-refractivity contribution < 1.29 is 0 Å². The monoisotopic (exact) mass is 269 g/mol. The van der Waals surface area contributed by atoms with Crippen molar-refractivity contribution in [2.24, 2.45) is 7.05 Å². The molecule has 0 radical (unpaired) electrons. The lowest BCUT2D eigenvalue weighted by atomic mass is 9.80. The van der Waals surface area contributed by atoms with Crippen LogP contribution >= 0.6 is 0 Å². The molecular formula is C17H23N3. The van der Waals surface area contributed by atoms with Gasteiger partial charge in [-0.05, 0) is 36.4 Å². The first-order valence-corrected chi connectivity index (χ1v) is 7.59. The zero-order chi connectivity index (χ0) is 13.9. The molecule has 0 aliphatic heterocycles. The van der Waals surface area contributed by atoms with Gasteiger partial charge in [0.1, 0.15) is 0 Å². The summed E-state index contributed by atoms with van der Waals surface area (Å²) in [4.78, 5) is 4.24. The third-order valence-corrected chi connectivity index (χ3v) is 4.40. The molecule has 1 heterocycles. The third kappa shape index (κ3) is 2.50. The van der Waals surface area contributed by atoms with Crippen LogP contribution in [0.15, 0.2) is 36.8 Å². The number of imidazole rings is 1. The molecule has 1 aliphatic carbocycles. The molecular weight excluding hydrogens is 246 g/mol. The number of aryl methyl sites for hydroxylation is 1. The second-order valence-corrected chi connectivity index (χ2v) is 5.71. The van der Waals surface area contributed by atoms with Gasteiger partial charge in [-0.3, -0.25) is 0 Å². The molecule has 1 unspecified atom stereocenters. The number of nitrogens with one attached hydrogen (secondary N) is 1. The van der Waals surface area contributed by atoms with Crippen molar-refractivity contribution in [1.29, 1.82) is 0 Å². The molecule has 0 saturated heterocycles. The molecule has 0 spiro atoms. The molecule has 2 aromatic rings. The summed E-state index contributed by atoms with van der Waals surface area (Å²) in [5, 5.41) is 3.56. The molecule has 1 N–H and O–H groups in total. The molecule has 1 fully saturated rings. The quantitative estimate of drug-likeness (QED) is 0.901. The van der Waals surface area contributed by atoms with Crippen LogP contribution < -0.4 is 5.32 Å². The Labute approximate surface area is 121 Å². The lowest BCUT2D eigenvalue weighted by Gasteiger charge is -2.26. The predicted octanol–water partition coefficient (Wildman–Crippen LogP) is 3.39. The molecule has 3 heteroatoms. The number of rotatable bonds is 5. The van der Waals surface area contributed by atoms with Crippen LogP contribution in [0, 0.1) is 0 Å². The molecule has 20 heavy (non-hydrogen) atoms.